The van der Waals surface area contributed by atoms with E-state index in [1.807, 2.05) is 13.1 Å². The second-order valence-corrected chi connectivity index (χ2v) is 8.44. The Morgan fingerprint density at radius 2 is 1.81 bits per heavy atom. The first-order valence-corrected chi connectivity index (χ1v) is 10.1. The molecule has 26 heavy (non-hydrogen) atoms. The van der Waals surface area contributed by atoms with Crippen molar-refractivity contribution in [3.05, 3.63) is 58.1 Å². The Hall–Kier alpha value is -1.64. The Bertz CT molecular complexity index is 902. The van der Waals surface area contributed by atoms with E-state index < -0.39 is 10.0 Å². The maximum Gasteiger partial charge on any atom is 0.282 e. The molecule has 2 rings (SSSR count). The van der Waals surface area contributed by atoms with Crippen LogP contribution in [0.4, 0.5) is 5.69 Å². The van der Waals surface area contributed by atoms with Gasteiger partial charge in [-0.1, -0.05) is 29.3 Å². The number of hydrogen-bond donors (Lipinski definition) is 3. The highest BCUT2D eigenvalue weighted by Crippen LogP contribution is 2.20. The lowest BCUT2D eigenvalue weighted by Gasteiger charge is -2.21. The zero-order valence-corrected chi connectivity index (χ0v) is 16.6. The molecule has 0 aliphatic rings. The van der Waals surface area contributed by atoms with Crippen molar-refractivity contribution < 1.29 is 18.1 Å². The minimum atomic E-state index is -3.76. The van der Waals surface area contributed by atoms with Crippen LogP contribution in [0.25, 0.3) is 0 Å². The van der Waals surface area contributed by atoms with Gasteiger partial charge >= 0.3 is 0 Å². The number of nitrogens with one attached hydrogen (secondary N) is 2. The number of rotatable bonds is 6. The average Bonchev–Trinajstić information content (AvgIpc) is 2.56. The highest BCUT2D eigenvalue weighted by atomic mass is 35.5. The van der Waals surface area contributed by atoms with E-state index in [1.54, 1.807) is 19.1 Å². The SMILES string of the molecule is C[C@@H](C(=O)Nc1ccc(S(N)(=O)=O)cc1)[NH+](C)Cc1ccc(Cl)cc1Cl. The monoisotopic (exact) mass is 416 g/mol. The number of amides is 1. The number of nitrogens with two attached hydrogens (primary N) is 1. The molecule has 0 aliphatic carbocycles. The van der Waals surface area contributed by atoms with Crippen molar-refractivity contribution >= 4 is 44.8 Å². The van der Waals surface area contributed by atoms with Crippen LogP contribution in [-0.2, 0) is 21.4 Å². The van der Waals surface area contributed by atoms with Crippen molar-refractivity contribution in [1.82, 2.24) is 0 Å². The lowest BCUT2D eigenvalue weighted by Crippen LogP contribution is -3.12. The van der Waals surface area contributed by atoms with Crippen molar-refractivity contribution in [2.45, 2.75) is 24.4 Å². The minimum Gasteiger partial charge on any atom is -0.324 e. The van der Waals surface area contributed by atoms with E-state index in [0.717, 1.165) is 10.5 Å². The Kier molecular flexibility index (Phi) is 6.65. The summed E-state index contributed by atoms with van der Waals surface area (Å²) in [5.74, 6) is -0.198. The van der Waals surface area contributed by atoms with Gasteiger partial charge in [-0.05, 0) is 43.3 Å². The molecule has 6 nitrogen and oxygen atoms in total. The largest absolute Gasteiger partial charge is 0.324 e. The summed E-state index contributed by atoms with van der Waals surface area (Å²) in [6.07, 6.45) is 0. The highest BCUT2D eigenvalue weighted by Gasteiger charge is 2.23. The molecule has 0 aliphatic heterocycles. The summed E-state index contributed by atoms with van der Waals surface area (Å²) in [5, 5.41) is 8.93. The van der Waals surface area contributed by atoms with Gasteiger partial charge in [-0.15, -0.1) is 0 Å². The van der Waals surface area contributed by atoms with Gasteiger partial charge in [-0.3, -0.25) is 4.79 Å². The van der Waals surface area contributed by atoms with Gasteiger partial charge in [0.2, 0.25) is 10.0 Å². The third kappa shape index (κ3) is 5.43. The van der Waals surface area contributed by atoms with Crippen molar-refractivity contribution in [2.24, 2.45) is 5.14 Å². The van der Waals surface area contributed by atoms with Gasteiger partial charge in [0, 0.05) is 16.3 Å². The molecule has 140 valence electrons. The molecule has 0 spiro atoms. The third-order valence-corrected chi connectivity index (χ3v) is 5.58. The molecule has 2 atom stereocenters. The summed E-state index contributed by atoms with van der Waals surface area (Å²) in [6, 6.07) is 10.6. The summed E-state index contributed by atoms with van der Waals surface area (Å²) in [4.78, 5) is 13.4. The van der Waals surface area contributed by atoms with E-state index in [2.05, 4.69) is 5.32 Å². The van der Waals surface area contributed by atoms with Crippen LogP contribution in [0, 0.1) is 0 Å². The van der Waals surface area contributed by atoms with E-state index in [1.165, 1.54) is 24.3 Å². The van der Waals surface area contributed by atoms with Crippen molar-refractivity contribution in [3.63, 3.8) is 0 Å². The molecule has 0 radical (unpaired) electrons. The molecule has 0 saturated carbocycles. The van der Waals surface area contributed by atoms with Crippen LogP contribution in [0.3, 0.4) is 0 Å². The Balaban J connectivity index is 2.02. The number of benzene rings is 2. The zero-order valence-electron chi connectivity index (χ0n) is 14.3. The van der Waals surface area contributed by atoms with Gasteiger partial charge in [0.25, 0.3) is 5.91 Å². The second-order valence-electron chi connectivity index (χ2n) is 6.04. The van der Waals surface area contributed by atoms with Gasteiger partial charge < -0.3 is 10.2 Å². The number of anilines is 1. The fourth-order valence-corrected chi connectivity index (χ4v) is 3.31. The van der Waals surface area contributed by atoms with Crippen LogP contribution in [0.2, 0.25) is 10.0 Å². The number of quaternary nitrogens is 1. The molecule has 0 saturated heterocycles. The lowest BCUT2D eigenvalue weighted by molar-refractivity contribution is -0.907. The van der Waals surface area contributed by atoms with Gasteiger partial charge in [-0.25, -0.2) is 13.6 Å². The normalized spacial score (nSPS) is 13.9. The van der Waals surface area contributed by atoms with Crippen LogP contribution in [-0.4, -0.2) is 27.4 Å². The van der Waals surface area contributed by atoms with E-state index >= 15 is 0 Å². The second kappa shape index (κ2) is 8.37. The first-order chi connectivity index (χ1) is 12.1. The predicted molar refractivity (Wildman–Crippen MR) is 103 cm³/mol. The highest BCUT2D eigenvalue weighted by molar-refractivity contribution is 7.89. The maximum absolute atomic E-state index is 12.4. The predicted octanol–water partition coefficient (Wildman–Crippen LogP) is 1.68. The van der Waals surface area contributed by atoms with Crippen LogP contribution in [0.1, 0.15) is 12.5 Å². The van der Waals surface area contributed by atoms with Crippen molar-refractivity contribution in [3.8, 4) is 0 Å². The summed E-state index contributed by atoms with van der Waals surface area (Å²) in [7, 11) is -1.87. The first kappa shape index (κ1) is 20.7. The molecule has 2 aromatic carbocycles. The van der Waals surface area contributed by atoms with Crippen molar-refractivity contribution in [2.75, 3.05) is 12.4 Å². The number of carbonyl (C=O) groups is 1. The molecule has 4 N–H and O–H groups in total. The quantitative estimate of drug-likeness (QED) is 0.668. The molecule has 0 fully saturated rings. The van der Waals surface area contributed by atoms with Gasteiger partial charge in [0.05, 0.1) is 17.0 Å². The standard InChI is InChI=1S/C17H19Cl2N3O3S/c1-11(22(2)10-12-3-4-13(18)9-16(12)19)17(23)21-14-5-7-15(8-6-14)26(20,24)25/h3-9,11H,10H2,1-2H3,(H,21,23)(H2,20,24,25)/p+1/t11-/m0/s1. The van der Waals surface area contributed by atoms with Crippen LogP contribution < -0.4 is 15.4 Å². The number of hydrogen-bond acceptors (Lipinski definition) is 3. The molecule has 0 heterocycles. The molecule has 9 heteroatoms. The van der Waals surface area contributed by atoms with E-state index in [-0.39, 0.29) is 16.8 Å². The summed E-state index contributed by atoms with van der Waals surface area (Å²) >= 11 is 12.1. The topological polar surface area (TPSA) is 93.7 Å². The Morgan fingerprint density at radius 3 is 2.35 bits per heavy atom. The van der Waals surface area contributed by atoms with Crippen LogP contribution in [0.5, 0.6) is 0 Å². The zero-order chi connectivity index (χ0) is 19.5. The fourth-order valence-electron chi connectivity index (χ4n) is 2.32. The van der Waals surface area contributed by atoms with Crippen molar-refractivity contribution in [1.29, 1.82) is 0 Å². The average molecular weight is 417 g/mol. The lowest BCUT2D eigenvalue weighted by atomic mass is 10.2. The van der Waals surface area contributed by atoms with E-state index in [0.29, 0.717) is 22.3 Å². The number of sulfonamides is 1. The van der Waals surface area contributed by atoms with E-state index in [9.17, 15) is 13.2 Å². The summed E-state index contributed by atoms with van der Waals surface area (Å²) in [5.41, 5.74) is 1.39. The number of primary sulfonamides is 1. The smallest absolute Gasteiger partial charge is 0.282 e. The number of likely N-dealkylation sites (N-methyl/N-ethyl adjacent to an activating group) is 1. The summed E-state index contributed by atoms with van der Waals surface area (Å²) < 4.78 is 22.5. The number of halogens is 2. The number of carbonyl (C=O) groups excluding carboxylic acids is 1. The molecule has 1 amide bonds. The first-order valence-electron chi connectivity index (χ1n) is 7.78. The molecule has 0 bridgehead atoms. The minimum absolute atomic E-state index is 0.0105. The van der Waals surface area contributed by atoms with Gasteiger partial charge in [0.15, 0.2) is 6.04 Å². The maximum atomic E-state index is 12.4. The Morgan fingerprint density at radius 1 is 1.19 bits per heavy atom. The third-order valence-electron chi connectivity index (χ3n) is 4.07. The molecular weight excluding hydrogens is 397 g/mol. The van der Waals surface area contributed by atoms with Crippen LogP contribution in [0.15, 0.2) is 47.4 Å². The fraction of sp³-hybridized carbons (Fsp3) is 0.235. The molecule has 0 aromatic heterocycles. The van der Waals surface area contributed by atoms with Gasteiger partial charge in [-0.2, -0.15) is 0 Å². The van der Waals surface area contributed by atoms with Crippen LogP contribution >= 0.6 is 23.2 Å². The Labute approximate surface area is 162 Å². The summed E-state index contributed by atoms with van der Waals surface area (Å²) in [6.45, 7) is 2.35. The van der Waals surface area contributed by atoms with Gasteiger partial charge in [0.1, 0.15) is 6.54 Å². The molecule has 1 unspecified atom stereocenters. The molecular formula is C17H20Cl2N3O3S+. The molecule has 2 aromatic rings. The van der Waals surface area contributed by atoms with E-state index in [4.69, 9.17) is 28.3 Å².